The maximum atomic E-state index is 10.6. The van der Waals surface area contributed by atoms with Crippen LogP contribution in [-0.2, 0) is 11.2 Å². The van der Waals surface area contributed by atoms with Crippen molar-refractivity contribution in [3.05, 3.63) is 40.7 Å². The van der Waals surface area contributed by atoms with Crippen LogP contribution < -0.4 is 21.3 Å². The molecule has 198 valence electrons. The zero-order chi connectivity index (χ0) is 26.6. The van der Waals surface area contributed by atoms with Gasteiger partial charge in [0, 0.05) is 55.1 Å². The lowest BCUT2D eigenvalue weighted by Gasteiger charge is -2.36. The number of aryl methyl sites for hydroxylation is 1. The molecule has 0 saturated carbocycles. The fourth-order valence-corrected chi connectivity index (χ4v) is 5.13. The molecule has 13 heteroatoms. The Balaban J connectivity index is 0.000000454. The normalized spacial score (nSPS) is 17.4. The molecule has 2 atom stereocenters. The first-order valence-corrected chi connectivity index (χ1v) is 12.8. The van der Waals surface area contributed by atoms with E-state index in [2.05, 4.69) is 35.8 Å². The van der Waals surface area contributed by atoms with Gasteiger partial charge in [-0.1, -0.05) is 25.4 Å². The number of carbonyl (C=O) groups is 1. The van der Waals surface area contributed by atoms with Gasteiger partial charge in [-0.2, -0.15) is 13.2 Å². The second-order valence-electron chi connectivity index (χ2n) is 8.88. The van der Waals surface area contributed by atoms with Crippen LogP contribution in [0.15, 0.2) is 29.2 Å². The Bertz CT molecular complexity index is 1050. The zero-order valence-corrected chi connectivity index (χ0v) is 21.6. The first-order valence-electron chi connectivity index (χ1n) is 11.5. The summed E-state index contributed by atoms with van der Waals surface area (Å²) in [5.74, 6) is -0.627. The summed E-state index contributed by atoms with van der Waals surface area (Å²) in [4.78, 5) is 24.5. The number of aromatic nitrogens is 2. The average Bonchev–Trinajstić information content (AvgIpc) is 3.31. The van der Waals surface area contributed by atoms with Crippen molar-refractivity contribution in [2.75, 3.05) is 41.7 Å². The summed E-state index contributed by atoms with van der Waals surface area (Å²) >= 11 is 7.83. The van der Waals surface area contributed by atoms with Gasteiger partial charge in [0.15, 0.2) is 0 Å². The lowest BCUT2D eigenvalue weighted by atomic mass is 9.95. The largest absolute Gasteiger partial charge is 0.490 e. The highest BCUT2D eigenvalue weighted by Gasteiger charge is 2.38. The van der Waals surface area contributed by atoms with Gasteiger partial charge in [0.05, 0.1) is 22.3 Å². The van der Waals surface area contributed by atoms with Gasteiger partial charge in [-0.05, 0) is 30.2 Å². The molecule has 36 heavy (non-hydrogen) atoms. The number of piperazine rings is 1. The van der Waals surface area contributed by atoms with Crippen LogP contribution in [0.1, 0.15) is 31.3 Å². The van der Waals surface area contributed by atoms with Crippen molar-refractivity contribution in [2.24, 2.45) is 17.4 Å². The Hall–Kier alpha value is -2.28. The molecule has 5 N–H and O–H groups in total. The number of rotatable bonds is 5. The quantitative estimate of drug-likeness (QED) is 0.515. The molecule has 2 aromatic rings. The van der Waals surface area contributed by atoms with Gasteiger partial charge in [-0.25, -0.2) is 14.8 Å². The maximum Gasteiger partial charge on any atom is 0.490 e. The molecule has 3 heterocycles. The third kappa shape index (κ3) is 6.93. The number of thioether (sulfide) groups is 1. The SMILES string of the molecule is CC(C)C(N)C(N)c1nc(N2CCN(c3ccc(Cl)cc3)CC2)nc2c1SCC2.O=C(O)C(F)(F)F. The number of alkyl halides is 3. The third-order valence-corrected chi connectivity index (χ3v) is 7.43. The third-order valence-electron chi connectivity index (χ3n) is 6.03. The monoisotopic (exact) mass is 546 g/mol. The fraction of sp³-hybridized carbons (Fsp3) is 0.522. The Morgan fingerprint density at radius 1 is 1.08 bits per heavy atom. The molecule has 1 saturated heterocycles. The summed E-state index contributed by atoms with van der Waals surface area (Å²) in [7, 11) is 0. The lowest BCUT2D eigenvalue weighted by molar-refractivity contribution is -0.192. The minimum Gasteiger partial charge on any atom is -0.475 e. The Kier molecular flexibility index (Phi) is 9.31. The number of hydrogen-bond acceptors (Lipinski definition) is 8. The number of nitrogens with zero attached hydrogens (tertiary/aromatic N) is 4. The van der Waals surface area contributed by atoms with Crippen LogP contribution in [0, 0.1) is 5.92 Å². The first-order chi connectivity index (χ1) is 16.9. The number of hydrogen-bond donors (Lipinski definition) is 3. The molecule has 1 aromatic heterocycles. The van der Waals surface area contributed by atoms with Crippen molar-refractivity contribution in [1.82, 2.24) is 9.97 Å². The van der Waals surface area contributed by atoms with E-state index in [1.807, 2.05) is 23.9 Å². The first kappa shape index (κ1) is 28.3. The van der Waals surface area contributed by atoms with Crippen LogP contribution in [0.25, 0.3) is 0 Å². The molecular formula is C23H30ClF3N6O2S. The predicted molar refractivity (Wildman–Crippen MR) is 136 cm³/mol. The van der Waals surface area contributed by atoms with Crippen molar-refractivity contribution in [2.45, 2.75) is 43.4 Å². The molecule has 1 fully saturated rings. The van der Waals surface area contributed by atoms with Crippen molar-refractivity contribution >= 4 is 41.0 Å². The van der Waals surface area contributed by atoms with Crippen LogP contribution in [0.3, 0.4) is 0 Å². The van der Waals surface area contributed by atoms with Crippen LogP contribution >= 0.6 is 23.4 Å². The van der Waals surface area contributed by atoms with E-state index in [0.29, 0.717) is 5.92 Å². The Morgan fingerprint density at radius 3 is 2.17 bits per heavy atom. The van der Waals surface area contributed by atoms with E-state index in [1.54, 1.807) is 0 Å². The number of nitrogens with two attached hydrogens (primary N) is 2. The van der Waals surface area contributed by atoms with Gasteiger partial charge in [-0.3, -0.25) is 0 Å². The van der Waals surface area contributed by atoms with Crippen LogP contribution in [0.5, 0.6) is 0 Å². The molecule has 4 rings (SSSR count). The highest BCUT2D eigenvalue weighted by molar-refractivity contribution is 7.99. The van der Waals surface area contributed by atoms with E-state index < -0.39 is 12.1 Å². The summed E-state index contributed by atoms with van der Waals surface area (Å²) in [6.07, 6.45) is -4.11. The summed E-state index contributed by atoms with van der Waals surface area (Å²) in [5, 5.41) is 7.89. The molecule has 0 radical (unpaired) electrons. The Labute approximate surface area is 217 Å². The number of carboxylic acid groups (broad SMARTS) is 1. The number of fused-ring (bicyclic) bond motifs is 1. The number of anilines is 2. The van der Waals surface area contributed by atoms with Crippen LogP contribution in [-0.4, -0.2) is 65.2 Å². The van der Waals surface area contributed by atoms with Crippen molar-refractivity contribution in [3.8, 4) is 0 Å². The van der Waals surface area contributed by atoms with Crippen LogP contribution in [0.2, 0.25) is 5.02 Å². The molecule has 0 amide bonds. The molecular weight excluding hydrogens is 517 g/mol. The van der Waals surface area contributed by atoms with E-state index in [1.165, 1.54) is 5.69 Å². The lowest BCUT2D eigenvalue weighted by Crippen LogP contribution is -2.47. The highest BCUT2D eigenvalue weighted by atomic mass is 35.5. The maximum absolute atomic E-state index is 10.6. The minimum atomic E-state index is -5.08. The topological polar surface area (TPSA) is 122 Å². The molecule has 2 aliphatic heterocycles. The molecule has 8 nitrogen and oxygen atoms in total. The summed E-state index contributed by atoms with van der Waals surface area (Å²) < 4.78 is 31.7. The second kappa shape index (κ2) is 11.8. The average molecular weight is 547 g/mol. The van der Waals surface area contributed by atoms with Crippen molar-refractivity contribution in [3.63, 3.8) is 0 Å². The Morgan fingerprint density at radius 2 is 1.64 bits per heavy atom. The number of aliphatic carboxylic acids is 1. The van der Waals surface area contributed by atoms with Gasteiger partial charge >= 0.3 is 12.1 Å². The molecule has 0 aliphatic carbocycles. The van der Waals surface area contributed by atoms with E-state index in [-0.39, 0.29) is 12.1 Å². The fourth-order valence-electron chi connectivity index (χ4n) is 3.86. The molecule has 1 aromatic carbocycles. The molecule has 0 bridgehead atoms. The molecule has 2 aliphatic rings. The molecule has 0 spiro atoms. The standard InChI is InChI=1S/C21H29ClN6S.C2HF3O2/c1-13(2)17(23)18(24)19-20-16(7-12-29-20)25-21(26-19)28-10-8-27(9-11-28)15-5-3-14(22)4-6-15;3-2(4,5)1(6)7/h3-6,13,17-18H,7-12,23-24H2,1-2H3;(H,6,7). The van der Waals surface area contributed by atoms with E-state index in [0.717, 1.165) is 65.6 Å². The zero-order valence-electron chi connectivity index (χ0n) is 20.0. The number of benzene rings is 1. The summed E-state index contributed by atoms with van der Waals surface area (Å²) in [6.45, 7) is 7.80. The highest BCUT2D eigenvalue weighted by Crippen LogP contribution is 2.37. The number of carboxylic acids is 1. The smallest absolute Gasteiger partial charge is 0.475 e. The van der Waals surface area contributed by atoms with Gasteiger partial charge in [0.1, 0.15) is 0 Å². The van der Waals surface area contributed by atoms with E-state index >= 15 is 0 Å². The minimum absolute atomic E-state index is 0.121. The predicted octanol–water partition coefficient (Wildman–Crippen LogP) is 3.72. The van der Waals surface area contributed by atoms with Crippen molar-refractivity contribution in [1.29, 1.82) is 0 Å². The second-order valence-corrected chi connectivity index (χ2v) is 10.4. The van der Waals surface area contributed by atoms with Crippen molar-refractivity contribution < 1.29 is 23.1 Å². The van der Waals surface area contributed by atoms with Gasteiger partial charge in [-0.15, -0.1) is 11.8 Å². The van der Waals surface area contributed by atoms with Crippen LogP contribution in [0.4, 0.5) is 24.8 Å². The van der Waals surface area contributed by atoms with E-state index in [4.69, 9.17) is 42.9 Å². The number of halogens is 4. The summed E-state index contributed by atoms with van der Waals surface area (Å²) in [5.41, 5.74) is 16.2. The van der Waals surface area contributed by atoms with Gasteiger partial charge < -0.3 is 26.4 Å². The van der Waals surface area contributed by atoms with Gasteiger partial charge in [0.25, 0.3) is 0 Å². The summed E-state index contributed by atoms with van der Waals surface area (Å²) in [6, 6.07) is 7.64. The van der Waals surface area contributed by atoms with E-state index in [9.17, 15) is 13.2 Å². The van der Waals surface area contributed by atoms with Gasteiger partial charge in [0.2, 0.25) is 5.95 Å². The molecule has 2 unspecified atom stereocenters.